The molecule has 64 heavy (non-hydrogen) atoms. The Morgan fingerprint density at radius 1 is 0.344 bits per heavy atom. The van der Waals surface area contributed by atoms with Gasteiger partial charge in [0.2, 0.25) is 0 Å². The Hall–Kier alpha value is -7.98. The molecule has 10 aromatic carbocycles. The van der Waals surface area contributed by atoms with Crippen LogP contribution >= 0.6 is 11.3 Å². The number of hydrogen-bond donors (Lipinski definition) is 0. The quantitative estimate of drug-likeness (QED) is 0.159. The molecule has 0 amide bonds. The molecule has 0 radical (unpaired) electrons. The van der Waals surface area contributed by atoms with Crippen LogP contribution in [0.5, 0.6) is 0 Å². The first-order valence-electron chi connectivity index (χ1n) is 21.9. The molecule has 0 unspecified atom stereocenters. The zero-order valence-electron chi connectivity index (χ0n) is 34.8. The molecule has 0 saturated carbocycles. The zero-order valence-corrected chi connectivity index (χ0v) is 35.6. The first kappa shape index (κ1) is 36.7. The molecule has 2 heterocycles. The third-order valence-corrected chi connectivity index (χ3v) is 14.6. The Labute approximate surface area is 375 Å². The van der Waals surface area contributed by atoms with E-state index in [1.54, 1.807) is 0 Å². The maximum atomic E-state index is 6.17. The maximum Gasteiger partial charge on any atom is 0.135 e. The summed E-state index contributed by atoms with van der Waals surface area (Å²) in [5.74, 6) is 0. The molecular weight excluding hydrogens is 795 g/mol. The Morgan fingerprint density at radius 3 is 1.70 bits per heavy atom. The predicted molar refractivity (Wildman–Crippen MR) is 269 cm³/mol. The van der Waals surface area contributed by atoms with Gasteiger partial charge < -0.3 is 9.32 Å². The van der Waals surface area contributed by atoms with E-state index in [0.717, 1.165) is 50.1 Å². The minimum atomic E-state index is -0.469. The van der Waals surface area contributed by atoms with E-state index >= 15 is 0 Å². The molecule has 0 bridgehead atoms. The van der Waals surface area contributed by atoms with Crippen LogP contribution in [0.25, 0.3) is 75.5 Å². The summed E-state index contributed by atoms with van der Waals surface area (Å²) < 4.78 is 8.79. The number of rotatable bonds is 7. The molecule has 0 saturated heterocycles. The summed E-state index contributed by atoms with van der Waals surface area (Å²) in [6, 6.07) is 86.6. The van der Waals surface area contributed by atoms with Crippen LogP contribution < -0.4 is 4.90 Å². The molecule has 0 aliphatic heterocycles. The molecule has 2 nitrogen and oxygen atoms in total. The average molecular weight is 834 g/mol. The van der Waals surface area contributed by atoms with Crippen LogP contribution in [0.2, 0.25) is 0 Å². The van der Waals surface area contributed by atoms with E-state index in [0.29, 0.717) is 0 Å². The zero-order chi connectivity index (χ0) is 42.2. The average Bonchev–Trinajstić information content (AvgIpc) is 4.03. The highest BCUT2D eigenvalue weighted by atomic mass is 32.1. The van der Waals surface area contributed by atoms with Crippen LogP contribution in [-0.4, -0.2) is 0 Å². The number of furan rings is 1. The van der Waals surface area contributed by atoms with Crippen molar-refractivity contribution in [2.75, 3.05) is 4.90 Å². The van der Waals surface area contributed by atoms with Gasteiger partial charge in [0, 0.05) is 48.0 Å². The van der Waals surface area contributed by atoms with Crippen molar-refractivity contribution in [3.63, 3.8) is 0 Å². The molecule has 300 valence electrons. The second-order valence-corrected chi connectivity index (χ2v) is 17.8. The van der Waals surface area contributed by atoms with Gasteiger partial charge in [0.1, 0.15) is 11.2 Å². The van der Waals surface area contributed by atoms with E-state index in [1.165, 1.54) is 64.7 Å². The summed E-state index contributed by atoms with van der Waals surface area (Å²) in [5.41, 5.74) is 17.1. The Kier molecular flexibility index (Phi) is 8.34. The molecule has 1 aliphatic carbocycles. The molecule has 0 fully saturated rings. The summed E-state index contributed by atoms with van der Waals surface area (Å²) >= 11 is 1.87. The lowest BCUT2D eigenvalue weighted by molar-refractivity contribution is 0.669. The minimum Gasteiger partial charge on any atom is -0.456 e. The van der Waals surface area contributed by atoms with Gasteiger partial charge in [0.05, 0.1) is 5.41 Å². The highest BCUT2D eigenvalue weighted by molar-refractivity contribution is 7.26. The number of nitrogens with zero attached hydrogens (tertiary/aromatic N) is 1. The molecule has 0 N–H and O–H groups in total. The molecular formula is C61H39NOS. The third-order valence-electron chi connectivity index (χ3n) is 13.4. The minimum absolute atomic E-state index is 0.469. The SMILES string of the molecule is c1ccc(C2(c3ccc(N(c4ccc(-c5ccc6oc7ccccc7c6c5)cc4)c4cccc(-c5cccc6c5sc5ccccc56)c4)cc3)c3ccccc3-c3ccccc32)cc1. The van der Waals surface area contributed by atoms with E-state index in [4.69, 9.17) is 4.42 Å². The molecule has 3 heteroatoms. The molecule has 13 rings (SSSR count). The monoisotopic (exact) mass is 833 g/mol. The number of thiophene rings is 1. The van der Waals surface area contributed by atoms with Crippen LogP contribution in [-0.2, 0) is 5.41 Å². The van der Waals surface area contributed by atoms with Crippen molar-refractivity contribution in [2.24, 2.45) is 0 Å². The summed E-state index contributed by atoms with van der Waals surface area (Å²) in [6.45, 7) is 0. The normalized spacial score (nSPS) is 12.8. The summed E-state index contributed by atoms with van der Waals surface area (Å²) in [4.78, 5) is 2.40. The molecule has 1 aliphatic rings. The summed E-state index contributed by atoms with van der Waals surface area (Å²) in [6.07, 6.45) is 0. The van der Waals surface area contributed by atoms with E-state index < -0.39 is 5.41 Å². The van der Waals surface area contributed by atoms with Crippen LogP contribution in [0.4, 0.5) is 17.1 Å². The number of para-hydroxylation sites is 1. The Morgan fingerprint density at radius 2 is 0.922 bits per heavy atom. The molecule has 0 atom stereocenters. The molecule has 2 aromatic heterocycles. The van der Waals surface area contributed by atoms with Crippen molar-refractivity contribution >= 4 is 70.5 Å². The van der Waals surface area contributed by atoms with Gasteiger partial charge in [-0.25, -0.2) is 0 Å². The van der Waals surface area contributed by atoms with Crippen molar-refractivity contribution in [3.05, 3.63) is 259 Å². The lowest BCUT2D eigenvalue weighted by Gasteiger charge is -2.34. The highest BCUT2D eigenvalue weighted by Crippen LogP contribution is 2.56. The third kappa shape index (κ3) is 5.58. The highest BCUT2D eigenvalue weighted by Gasteiger charge is 2.45. The lowest BCUT2D eigenvalue weighted by atomic mass is 9.68. The molecule has 0 spiro atoms. The first-order chi connectivity index (χ1) is 31.7. The van der Waals surface area contributed by atoms with Gasteiger partial charge in [-0.3, -0.25) is 0 Å². The fourth-order valence-corrected chi connectivity index (χ4v) is 11.8. The van der Waals surface area contributed by atoms with Crippen molar-refractivity contribution in [3.8, 4) is 33.4 Å². The standard InChI is InChI=1S/C61H39NOS/c1-2-15-43(16-3-1)61(55-24-8-4-18-49(55)50-19-5-9-25-56(50)61)44-31-35-46(36-32-44)62(45-33-28-40(29-34-45)41-30-37-58-54(39-41)51-20-6-10-26-57(51)63-58)47-17-12-14-42(38-47)48-22-13-23-53-52-21-7-11-27-59(52)64-60(48)53/h1-39H. The lowest BCUT2D eigenvalue weighted by Crippen LogP contribution is -2.28. The van der Waals surface area contributed by atoms with E-state index in [2.05, 4.69) is 229 Å². The number of benzene rings is 10. The van der Waals surface area contributed by atoms with Gasteiger partial charge in [-0.05, 0) is 116 Å². The van der Waals surface area contributed by atoms with Gasteiger partial charge in [-0.1, -0.05) is 176 Å². The van der Waals surface area contributed by atoms with Gasteiger partial charge in [0.15, 0.2) is 0 Å². The fourth-order valence-electron chi connectivity index (χ4n) is 10.5. The van der Waals surface area contributed by atoms with Crippen LogP contribution in [0.1, 0.15) is 22.3 Å². The van der Waals surface area contributed by atoms with Crippen LogP contribution in [0.15, 0.2) is 241 Å². The summed E-state index contributed by atoms with van der Waals surface area (Å²) in [7, 11) is 0. The topological polar surface area (TPSA) is 16.4 Å². The van der Waals surface area contributed by atoms with Gasteiger partial charge in [-0.15, -0.1) is 11.3 Å². The summed E-state index contributed by atoms with van der Waals surface area (Å²) in [5, 5.41) is 4.87. The smallest absolute Gasteiger partial charge is 0.135 e. The Balaban J connectivity index is 0.964. The van der Waals surface area contributed by atoms with E-state index in [9.17, 15) is 0 Å². The van der Waals surface area contributed by atoms with E-state index in [1.807, 2.05) is 23.5 Å². The maximum absolute atomic E-state index is 6.17. The van der Waals surface area contributed by atoms with Crippen molar-refractivity contribution in [2.45, 2.75) is 5.41 Å². The van der Waals surface area contributed by atoms with Crippen LogP contribution in [0.3, 0.4) is 0 Å². The van der Waals surface area contributed by atoms with E-state index in [-0.39, 0.29) is 0 Å². The van der Waals surface area contributed by atoms with Crippen molar-refractivity contribution in [1.29, 1.82) is 0 Å². The Bertz CT molecular complexity index is 3680. The largest absolute Gasteiger partial charge is 0.456 e. The number of fused-ring (bicyclic) bond motifs is 9. The van der Waals surface area contributed by atoms with Crippen molar-refractivity contribution in [1.82, 2.24) is 0 Å². The second-order valence-electron chi connectivity index (χ2n) is 16.8. The number of anilines is 3. The van der Waals surface area contributed by atoms with Gasteiger partial charge >= 0.3 is 0 Å². The predicted octanol–water partition coefficient (Wildman–Crippen LogP) is 17.1. The van der Waals surface area contributed by atoms with Gasteiger partial charge in [-0.2, -0.15) is 0 Å². The second kappa shape index (κ2) is 14.6. The first-order valence-corrected chi connectivity index (χ1v) is 22.7. The van der Waals surface area contributed by atoms with Crippen LogP contribution in [0, 0.1) is 0 Å². The number of hydrogen-bond acceptors (Lipinski definition) is 3. The van der Waals surface area contributed by atoms with Crippen molar-refractivity contribution < 1.29 is 4.42 Å². The fraction of sp³-hybridized carbons (Fsp3) is 0.0164. The van der Waals surface area contributed by atoms with Gasteiger partial charge in [0.25, 0.3) is 0 Å². The molecule has 12 aromatic rings.